The maximum atomic E-state index is 12.8. The van der Waals surface area contributed by atoms with E-state index in [1.54, 1.807) is 17.3 Å². The average Bonchev–Trinajstić information content (AvgIpc) is 3.35. The van der Waals surface area contributed by atoms with Gasteiger partial charge in [0.25, 0.3) is 0 Å². The van der Waals surface area contributed by atoms with Crippen molar-refractivity contribution in [2.24, 2.45) is 0 Å². The van der Waals surface area contributed by atoms with E-state index >= 15 is 0 Å². The van der Waals surface area contributed by atoms with Crippen molar-refractivity contribution in [1.82, 2.24) is 19.8 Å². The quantitative estimate of drug-likeness (QED) is 0.235. The van der Waals surface area contributed by atoms with Crippen LogP contribution in [0.15, 0.2) is 48.8 Å². The number of aromatic nitrogens is 2. The molecule has 1 fully saturated rings. The molecule has 33 heavy (non-hydrogen) atoms. The molecule has 0 bridgehead atoms. The van der Waals surface area contributed by atoms with Gasteiger partial charge in [-0.05, 0) is 37.1 Å². The summed E-state index contributed by atoms with van der Waals surface area (Å²) in [6, 6.07) is 11.4. The molecule has 0 spiro atoms. The fourth-order valence-electron chi connectivity index (χ4n) is 3.30. The predicted octanol–water partition coefficient (Wildman–Crippen LogP) is -0.589. The number of hydrogen-bond acceptors (Lipinski definition) is 9. The average molecular weight is 625 g/mol. The third kappa shape index (κ3) is 11.6. The summed E-state index contributed by atoms with van der Waals surface area (Å²) >= 11 is 0. The number of hydrogen-bond donors (Lipinski definition) is 2. The number of pyridine rings is 2. The summed E-state index contributed by atoms with van der Waals surface area (Å²) in [6.07, 6.45) is 4.86. The fraction of sp³-hybridized carbons (Fsp3) is 0.333. The smallest absolute Gasteiger partial charge is 0.490 e. The van der Waals surface area contributed by atoms with Gasteiger partial charge in [-0.2, -0.15) is 0 Å². The second-order valence-corrected chi connectivity index (χ2v) is 6.50. The summed E-state index contributed by atoms with van der Waals surface area (Å²) in [4.78, 5) is 47.8. The normalized spacial score (nSPS) is 13.6. The molecule has 3 heterocycles. The van der Waals surface area contributed by atoms with Crippen molar-refractivity contribution in [3.05, 3.63) is 60.2 Å². The van der Waals surface area contributed by atoms with Crippen LogP contribution in [-0.4, -0.2) is 82.2 Å². The van der Waals surface area contributed by atoms with Crippen molar-refractivity contribution >= 4 is 33.4 Å². The van der Waals surface area contributed by atoms with E-state index in [-0.39, 0.29) is 32.9 Å². The number of carbonyl (C=O) groups is 1. The van der Waals surface area contributed by atoms with Gasteiger partial charge in [-0.15, -0.1) is 0 Å². The Morgan fingerprint density at radius 3 is 1.91 bits per heavy atom. The van der Waals surface area contributed by atoms with Gasteiger partial charge in [0.1, 0.15) is 0 Å². The van der Waals surface area contributed by atoms with Crippen LogP contribution < -0.4 is 0 Å². The van der Waals surface area contributed by atoms with Gasteiger partial charge >= 0.3 is 13.9 Å². The first-order valence-corrected chi connectivity index (χ1v) is 9.45. The van der Waals surface area contributed by atoms with Gasteiger partial charge in [0.2, 0.25) is 5.91 Å². The standard InChI is InChI=1S/C18H23BN4O3.CHO.2CO.Re/c24-18(23-11-5-8-17(23)19(25)26)14-22(12-15-6-1-3-9-20-15)13-16-7-2-4-10-21-16;3*1-2;/h1-4,6-7,9-10,17,25-26H,5,8,11-14H2;1H;;;/q;+1;2*-1;. The zero-order chi connectivity index (χ0) is 24.4. The molecule has 175 valence electrons. The van der Waals surface area contributed by atoms with Gasteiger partial charge in [0, 0.05) is 57.2 Å². The van der Waals surface area contributed by atoms with Crippen LogP contribution >= 0.6 is 0 Å². The minimum atomic E-state index is -1.50. The Morgan fingerprint density at radius 1 is 1.03 bits per heavy atom. The first-order chi connectivity index (χ1) is 15.6. The number of likely N-dealkylation sites (tertiary alicyclic amines) is 1. The van der Waals surface area contributed by atoms with Crippen molar-refractivity contribution in [3.8, 4) is 0 Å². The van der Waals surface area contributed by atoms with Crippen LogP contribution in [0.2, 0.25) is 0 Å². The van der Waals surface area contributed by atoms with E-state index in [1.807, 2.05) is 41.3 Å². The number of rotatable bonds is 7. The molecule has 3 rings (SSSR count). The molecule has 0 aliphatic carbocycles. The summed E-state index contributed by atoms with van der Waals surface area (Å²) < 4.78 is 0. The molecular weight excluding hydrogens is 601 g/mol. The van der Waals surface area contributed by atoms with Crippen molar-refractivity contribution in [2.45, 2.75) is 31.9 Å². The SMILES string of the molecule is O=C(CN(Cc1ccccn1)Cc1ccccn1)N1CCCC1B(O)O.[C-]=O.[C-]=O.[CH+]=O.[Re]. The summed E-state index contributed by atoms with van der Waals surface area (Å²) in [7, 11) is -1.50. The molecule has 0 saturated carbocycles. The van der Waals surface area contributed by atoms with Crippen LogP contribution in [0.3, 0.4) is 0 Å². The molecule has 2 aromatic rings. The fourth-order valence-corrected chi connectivity index (χ4v) is 3.30. The number of amides is 1. The van der Waals surface area contributed by atoms with Crippen molar-refractivity contribution in [3.63, 3.8) is 0 Å². The Hall–Kier alpha value is -2.70. The maximum absolute atomic E-state index is 12.8. The number of carbonyl (C=O) groups excluding carboxylic acids is 4. The molecule has 0 aromatic carbocycles. The summed E-state index contributed by atoms with van der Waals surface area (Å²) in [6.45, 7) is 14.0. The molecule has 1 saturated heterocycles. The first-order valence-electron chi connectivity index (χ1n) is 9.45. The summed E-state index contributed by atoms with van der Waals surface area (Å²) in [5, 5.41) is 19.0. The summed E-state index contributed by atoms with van der Waals surface area (Å²) in [5.41, 5.74) is 1.74. The Labute approximate surface area is 207 Å². The molecule has 2 N–H and O–H groups in total. The molecule has 2 aromatic heterocycles. The Kier molecular flexibility index (Phi) is 19.6. The minimum Gasteiger partial charge on any atom is -0.573 e. The van der Waals surface area contributed by atoms with Gasteiger partial charge in [-0.3, -0.25) is 19.7 Å². The largest absolute Gasteiger partial charge is 0.573 e. The predicted molar refractivity (Wildman–Crippen MR) is 116 cm³/mol. The molecule has 1 aliphatic rings. The third-order valence-electron chi connectivity index (χ3n) is 4.55. The molecule has 1 amide bonds. The van der Waals surface area contributed by atoms with Crippen LogP contribution in [0.1, 0.15) is 24.2 Å². The van der Waals surface area contributed by atoms with Gasteiger partial charge in [0.05, 0.1) is 23.9 Å². The second kappa shape index (κ2) is 19.9. The Bertz CT molecular complexity index is 717. The monoisotopic (exact) mass is 626 g/mol. The molecule has 1 atom stereocenters. The molecule has 1 unspecified atom stereocenters. The van der Waals surface area contributed by atoms with E-state index in [1.165, 1.54) is 0 Å². The Balaban J connectivity index is 0. The second-order valence-electron chi connectivity index (χ2n) is 6.50. The van der Waals surface area contributed by atoms with E-state index in [4.69, 9.17) is 14.4 Å². The molecular formula is C21H24BN4O6Re-. The van der Waals surface area contributed by atoms with E-state index in [0.717, 1.165) is 17.8 Å². The van der Waals surface area contributed by atoms with Crippen LogP contribution in [0.25, 0.3) is 0 Å². The van der Waals surface area contributed by atoms with Crippen LogP contribution in [0, 0.1) is 0 Å². The van der Waals surface area contributed by atoms with Crippen LogP contribution in [-0.2, 0) is 52.7 Å². The molecule has 12 heteroatoms. The third-order valence-corrected chi connectivity index (χ3v) is 4.55. The summed E-state index contributed by atoms with van der Waals surface area (Å²) in [5.74, 6) is -0.624. The van der Waals surface area contributed by atoms with Crippen molar-refractivity contribution in [2.75, 3.05) is 13.1 Å². The van der Waals surface area contributed by atoms with E-state index in [9.17, 15) is 14.8 Å². The van der Waals surface area contributed by atoms with Gasteiger partial charge in [-0.1, -0.05) is 12.1 Å². The van der Waals surface area contributed by atoms with Crippen LogP contribution in [0.5, 0.6) is 0 Å². The molecule has 3 radical (unpaired) electrons. The van der Waals surface area contributed by atoms with E-state index < -0.39 is 13.1 Å². The maximum Gasteiger partial charge on any atom is 0.490 e. The topological polar surface area (TPSA) is 141 Å². The minimum absolute atomic E-state index is 0. The molecule has 1 aliphatic heterocycles. The molecule has 10 nitrogen and oxygen atoms in total. The van der Waals surface area contributed by atoms with E-state index in [2.05, 4.69) is 30.3 Å². The van der Waals surface area contributed by atoms with Gasteiger partial charge < -0.3 is 38.1 Å². The van der Waals surface area contributed by atoms with Gasteiger partial charge in [-0.25, -0.2) is 0 Å². The van der Waals surface area contributed by atoms with E-state index in [0.29, 0.717) is 26.1 Å². The Morgan fingerprint density at radius 2 is 1.52 bits per heavy atom. The van der Waals surface area contributed by atoms with Crippen molar-refractivity contribution in [1.29, 1.82) is 0 Å². The van der Waals surface area contributed by atoms with Crippen molar-refractivity contribution < 1.29 is 49.6 Å². The zero-order valence-corrected chi connectivity index (χ0v) is 20.5. The van der Waals surface area contributed by atoms with Gasteiger partial charge in [0.15, 0.2) is 0 Å². The van der Waals surface area contributed by atoms with Crippen LogP contribution in [0.4, 0.5) is 0 Å². The number of nitrogens with zero attached hydrogens (tertiary/aromatic N) is 4. The first kappa shape index (κ1) is 32.5. The zero-order valence-electron chi connectivity index (χ0n) is 17.8.